The quantitative estimate of drug-likeness (QED) is 0.785. The summed E-state index contributed by atoms with van der Waals surface area (Å²) < 4.78 is 0. The van der Waals surface area contributed by atoms with Gasteiger partial charge in [-0.3, -0.25) is 0 Å². The van der Waals surface area contributed by atoms with E-state index >= 15 is 0 Å². The molecular formula is C16H22N4. The van der Waals surface area contributed by atoms with Crippen LogP contribution < -0.4 is 10.2 Å². The van der Waals surface area contributed by atoms with Crippen LogP contribution in [-0.4, -0.2) is 30.1 Å². The van der Waals surface area contributed by atoms with Crippen molar-refractivity contribution < 1.29 is 0 Å². The van der Waals surface area contributed by atoms with Crippen molar-refractivity contribution in [3.8, 4) is 0 Å². The van der Waals surface area contributed by atoms with Crippen LogP contribution in [0.5, 0.6) is 0 Å². The zero-order valence-corrected chi connectivity index (χ0v) is 12.2. The highest BCUT2D eigenvalue weighted by Gasteiger charge is 1.99. The van der Waals surface area contributed by atoms with Crippen LogP contribution in [0.1, 0.15) is 18.5 Å². The number of anilines is 2. The molecule has 0 bridgehead atoms. The molecular weight excluding hydrogens is 248 g/mol. The van der Waals surface area contributed by atoms with Crippen LogP contribution in [0.2, 0.25) is 0 Å². The molecule has 0 atom stereocenters. The highest BCUT2D eigenvalue weighted by molar-refractivity contribution is 5.44. The van der Waals surface area contributed by atoms with Gasteiger partial charge in [0, 0.05) is 37.6 Å². The second kappa shape index (κ2) is 7.48. The van der Waals surface area contributed by atoms with E-state index in [2.05, 4.69) is 51.5 Å². The normalized spacial score (nSPS) is 10.3. The molecule has 4 nitrogen and oxygen atoms in total. The van der Waals surface area contributed by atoms with Gasteiger partial charge in [0.25, 0.3) is 0 Å². The largest absolute Gasteiger partial charge is 0.375 e. The molecule has 2 rings (SSSR count). The maximum atomic E-state index is 4.19. The van der Waals surface area contributed by atoms with Crippen LogP contribution in [-0.2, 0) is 0 Å². The lowest BCUT2D eigenvalue weighted by molar-refractivity contribution is 0.741. The van der Waals surface area contributed by atoms with E-state index in [9.17, 15) is 0 Å². The molecule has 0 unspecified atom stereocenters. The lowest BCUT2D eigenvalue weighted by atomic mass is 10.2. The predicted octanol–water partition coefficient (Wildman–Crippen LogP) is 3.11. The van der Waals surface area contributed by atoms with Gasteiger partial charge in [-0.25, -0.2) is 9.97 Å². The Morgan fingerprint density at radius 3 is 2.65 bits per heavy atom. The van der Waals surface area contributed by atoms with Gasteiger partial charge in [0.1, 0.15) is 12.1 Å². The van der Waals surface area contributed by atoms with Crippen LogP contribution in [0.3, 0.4) is 0 Å². The third kappa shape index (κ3) is 4.53. The number of nitrogens with zero attached hydrogens (tertiary/aromatic N) is 3. The van der Waals surface area contributed by atoms with Crippen molar-refractivity contribution in [3.05, 3.63) is 48.4 Å². The molecule has 0 spiro atoms. The number of unbranched alkanes of at least 4 members (excludes halogenated alkanes) is 1. The van der Waals surface area contributed by atoms with Crippen LogP contribution in [0, 0.1) is 6.92 Å². The minimum Gasteiger partial charge on any atom is -0.375 e. The highest BCUT2D eigenvalue weighted by Crippen LogP contribution is 2.11. The Kier molecular flexibility index (Phi) is 5.35. The number of hydrogen-bond donors (Lipinski definition) is 1. The number of aromatic nitrogens is 2. The monoisotopic (exact) mass is 270 g/mol. The van der Waals surface area contributed by atoms with Gasteiger partial charge in [-0.05, 0) is 31.9 Å². The Labute approximate surface area is 120 Å². The topological polar surface area (TPSA) is 41.0 Å². The zero-order chi connectivity index (χ0) is 14.2. The van der Waals surface area contributed by atoms with Gasteiger partial charge in [0.2, 0.25) is 0 Å². The predicted molar refractivity (Wildman–Crippen MR) is 84.2 cm³/mol. The van der Waals surface area contributed by atoms with E-state index in [1.54, 1.807) is 6.33 Å². The molecule has 0 fully saturated rings. The Morgan fingerprint density at radius 1 is 1.10 bits per heavy atom. The Bertz CT molecular complexity index is 513. The summed E-state index contributed by atoms with van der Waals surface area (Å²) in [5, 5.41) is 3.33. The SMILES string of the molecule is Cc1cc(NCCCCN(C)c2ccccc2)ncn1. The summed E-state index contributed by atoms with van der Waals surface area (Å²) >= 11 is 0. The zero-order valence-electron chi connectivity index (χ0n) is 12.2. The highest BCUT2D eigenvalue weighted by atomic mass is 15.1. The van der Waals surface area contributed by atoms with Crippen LogP contribution in [0.4, 0.5) is 11.5 Å². The molecule has 1 aromatic carbocycles. The Balaban J connectivity index is 1.64. The van der Waals surface area contributed by atoms with E-state index in [0.29, 0.717) is 0 Å². The number of para-hydroxylation sites is 1. The van der Waals surface area contributed by atoms with Crippen molar-refractivity contribution in [1.29, 1.82) is 0 Å². The minimum atomic E-state index is 0.911. The third-order valence-corrected chi connectivity index (χ3v) is 3.23. The molecule has 106 valence electrons. The van der Waals surface area contributed by atoms with Gasteiger partial charge in [-0.15, -0.1) is 0 Å². The summed E-state index contributed by atoms with van der Waals surface area (Å²) in [5.74, 6) is 0.911. The van der Waals surface area contributed by atoms with Gasteiger partial charge in [0.05, 0.1) is 0 Å². The molecule has 0 radical (unpaired) electrons. The van der Waals surface area contributed by atoms with Crippen molar-refractivity contribution in [2.75, 3.05) is 30.4 Å². The van der Waals surface area contributed by atoms with Crippen LogP contribution in [0.15, 0.2) is 42.7 Å². The van der Waals surface area contributed by atoms with Crippen molar-refractivity contribution in [2.24, 2.45) is 0 Å². The molecule has 4 heteroatoms. The molecule has 0 aliphatic rings. The number of benzene rings is 1. The molecule has 1 heterocycles. The fourth-order valence-electron chi connectivity index (χ4n) is 2.05. The number of rotatable bonds is 7. The fraction of sp³-hybridized carbons (Fsp3) is 0.375. The van der Waals surface area contributed by atoms with E-state index in [1.807, 2.05) is 19.1 Å². The first-order valence-corrected chi connectivity index (χ1v) is 7.04. The average molecular weight is 270 g/mol. The maximum Gasteiger partial charge on any atom is 0.129 e. The fourth-order valence-corrected chi connectivity index (χ4v) is 2.05. The molecule has 0 saturated heterocycles. The molecule has 2 aromatic rings. The minimum absolute atomic E-state index is 0.911. The van der Waals surface area contributed by atoms with E-state index in [1.165, 1.54) is 5.69 Å². The smallest absolute Gasteiger partial charge is 0.129 e. The Hall–Kier alpha value is -2.10. The molecule has 1 N–H and O–H groups in total. The number of nitrogens with one attached hydrogen (secondary N) is 1. The van der Waals surface area contributed by atoms with E-state index in [4.69, 9.17) is 0 Å². The molecule has 0 aliphatic carbocycles. The van der Waals surface area contributed by atoms with E-state index < -0.39 is 0 Å². The van der Waals surface area contributed by atoms with Crippen molar-refractivity contribution in [3.63, 3.8) is 0 Å². The maximum absolute atomic E-state index is 4.19. The van der Waals surface area contributed by atoms with Gasteiger partial charge >= 0.3 is 0 Å². The summed E-state index contributed by atoms with van der Waals surface area (Å²) in [6.45, 7) is 3.98. The Morgan fingerprint density at radius 2 is 1.90 bits per heavy atom. The molecule has 20 heavy (non-hydrogen) atoms. The van der Waals surface area contributed by atoms with Crippen molar-refractivity contribution in [2.45, 2.75) is 19.8 Å². The lowest BCUT2D eigenvalue weighted by Gasteiger charge is -2.19. The third-order valence-electron chi connectivity index (χ3n) is 3.23. The first-order valence-electron chi connectivity index (χ1n) is 7.04. The standard InChI is InChI=1S/C16H22N4/c1-14-12-16(19-13-18-14)17-10-6-7-11-20(2)15-8-4-3-5-9-15/h3-5,8-9,12-13H,6-7,10-11H2,1-2H3,(H,17,18,19). The summed E-state index contributed by atoms with van der Waals surface area (Å²) in [7, 11) is 2.14. The average Bonchev–Trinajstić information content (AvgIpc) is 2.48. The van der Waals surface area contributed by atoms with Crippen LogP contribution >= 0.6 is 0 Å². The second-order valence-electron chi connectivity index (χ2n) is 4.94. The first-order chi connectivity index (χ1) is 9.75. The summed E-state index contributed by atoms with van der Waals surface area (Å²) in [4.78, 5) is 10.6. The van der Waals surface area contributed by atoms with Gasteiger partial charge < -0.3 is 10.2 Å². The molecule has 0 amide bonds. The summed E-state index contributed by atoms with van der Waals surface area (Å²) in [5.41, 5.74) is 2.26. The van der Waals surface area contributed by atoms with Crippen LogP contribution in [0.25, 0.3) is 0 Å². The van der Waals surface area contributed by atoms with Crippen molar-refractivity contribution in [1.82, 2.24) is 9.97 Å². The molecule has 1 aromatic heterocycles. The number of aryl methyl sites for hydroxylation is 1. The summed E-state index contributed by atoms with van der Waals surface area (Å²) in [6.07, 6.45) is 3.88. The van der Waals surface area contributed by atoms with Crippen molar-refractivity contribution >= 4 is 11.5 Å². The second-order valence-corrected chi connectivity index (χ2v) is 4.94. The van der Waals surface area contributed by atoms with E-state index in [-0.39, 0.29) is 0 Å². The first kappa shape index (κ1) is 14.3. The van der Waals surface area contributed by atoms with Gasteiger partial charge in [-0.1, -0.05) is 18.2 Å². The number of hydrogen-bond acceptors (Lipinski definition) is 4. The molecule has 0 aliphatic heterocycles. The molecule has 0 saturated carbocycles. The lowest BCUT2D eigenvalue weighted by Crippen LogP contribution is -2.19. The summed E-state index contributed by atoms with van der Waals surface area (Å²) in [6, 6.07) is 12.4. The van der Waals surface area contributed by atoms with E-state index in [0.717, 1.165) is 37.4 Å². The van der Waals surface area contributed by atoms with Gasteiger partial charge in [0.15, 0.2) is 0 Å². The van der Waals surface area contributed by atoms with Gasteiger partial charge in [-0.2, -0.15) is 0 Å².